The second-order valence-electron chi connectivity index (χ2n) is 7.16. The van der Waals surface area contributed by atoms with E-state index in [1.54, 1.807) is 0 Å². The van der Waals surface area contributed by atoms with E-state index in [9.17, 15) is 52.3 Å². The van der Waals surface area contributed by atoms with Crippen molar-refractivity contribution in [1.82, 2.24) is 0 Å². The second-order valence-corrected chi connectivity index (χ2v) is 9.57. The Hall–Kier alpha value is -3.51. The summed E-state index contributed by atoms with van der Waals surface area (Å²) in [7, 11) is -10.2. The summed E-state index contributed by atoms with van der Waals surface area (Å²) in [4.78, 5) is 35.2. The summed E-state index contributed by atoms with van der Waals surface area (Å²) in [5.74, 6) is -2.71. The van der Waals surface area contributed by atoms with Crippen molar-refractivity contribution in [2.24, 2.45) is 0 Å². The molecular weight excluding hydrogens is 546 g/mol. The van der Waals surface area contributed by atoms with Crippen molar-refractivity contribution >= 4 is 28.4 Å². The Balaban J connectivity index is 2.23. The number of hydrogen-bond acceptors (Lipinski definition) is 9. The number of rotatable bonds is 8. The van der Waals surface area contributed by atoms with Gasteiger partial charge in [-0.15, -0.1) is 10.1 Å². The summed E-state index contributed by atoms with van der Waals surface area (Å²) in [5, 5.41) is 8.93. The standard InChI is InChI=1S/C17H15F8NO9S/c1-8-3-11(36(21,22,23,24)25)4-10-5-12(14(17(18,19)20)34-13(8)10)15(27)32-7-33-16(28)31-6-9(2)35-26(29)30/h3-5,9,14H,6-7H2,1-2H3/t9?,14-/m0/s1. The fourth-order valence-electron chi connectivity index (χ4n) is 2.71. The van der Waals surface area contributed by atoms with Gasteiger partial charge in [0, 0.05) is 5.56 Å². The van der Waals surface area contributed by atoms with Gasteiger partial charge < -0.3 is 23.8 Å². The largest absolute Gasteiger partial charge is 0.511 e. The molecule has 10 nitrogen and oxygen atoms in total. The minimum Gasteiger partial charge on any atom is -0.475 e. The van der Waals surface area contributed by atoms with Crippen LogP contribution in [-0.2, 0) is 23.8 Å². The van der Waals surface area contributed by atoms with Crippen molar-refractivity contribution in [2.75, 3.05) is 13.4 Å². The minimum atomic E-state index is -10.2. The van der Waals surface area contributed by atoms with Crippen LogP contribution in [0.5, 0.6) is 5.75 Å². The van der Waals surface area contributed by atoms with Crippen LogP contribution in [-0.4, -0.2) is 49.0 Å². The van der Waals surface area contributed by atoms with Gasteiger partial charge in [0.05, 0.1) is 5.57 Å². The lowest BCUT2D eigenvalue weighted by Gasteiger charge is -2.41. The van der Waals surface area contributed by atoms with E-state index in [-0.39, 0.29) is 18.2 Å². The predicted octanol–water partition coefficient (Wildman–Crippen LogP) is 5.61. The lowest BCUT2D eigenvalue weighted by molar-refractivity contribution is -0.767. The van der Waals surface area contributed by atoms with Crippen molar-refractivity contribution < 1.29 is 71.1 Å². The molecule has 0 saturated heterocycles. The molecule has 36 heavy (non-hydrogen) atoms. The number of fused-ring (bicyclic) bond motifs is 1. The lowest BCUT2D eigenvalue weighted by atomic mass is 9.99. The number of carbonyl (C=O) groups is 2. The SMILES string of the molecule is Cc1cc(S(F)(F)(F)(F)F)cc2c1O[C@H](C(F)(F)F)C(C(=O)OCOC(=O)OCC(C)O[N+](=O)[O-])=C2. The van der Waals surface area contributed by atoms with Crippen LogP contribution in [0.2, 0.25) is 0 Å². The van der Waals surface area contributed by atoms with E-state index in [0.29, 0.717) is 0 Å². The number of halogens is 8. The topological polar surface area (TPSA) is 123 Å². The maximum absolute atomic E-state index is 13.5. The van der Waals surface area contributed by atoms with Crippen LogP contribution in [0.4, 0.5) is 37.4 Å². The van der Waals surface area contributed by atoms with Crippen LogP contribution >= 0.6 is 10.2 Å². The zero-order valence-corrected chi connectivity index (χ0v) is 18.7. The highest BCUT2D eigenvalue weighted by Gasteiger charge is 2.65. The van der Waals surface area contributed by atoms with Gasteiger partial charge in [-0.2, -0.15) is 13.2 Å². The molecule has 0 spiro atoms. The van der Waals surface area contributed by atoms with Gasteiger partial charge in [0.25, 0.3) is 5.09 Å². The first-order valence-corrected chi connectivity index (χ1v) is 11.1. The Morgan fingerprint density at radius 3 is 2.28 bits per heavy atom. The number of hydrogen-bond donors (Lipinski definition) is 0. The predicted molar refractivity (Wildman–Crippen MR) is 102 cm³/mol. The highest BCUT2D eigenvalue weighted by molar-refractivity contribution is 8.45. The summed E-state index contributed by atoms with van der Waals surface area (Å²) in [6, 6.07) is -0.256. The van der Waals surface area contributed by atoms with Gasteiger partial charge in [0.15, 0.2) is 0 Å². The molecule has 0 aromatic heterocycles. The van der Waals surface area contributed by atoms with Crippen molar-refractivity contribution in [2.45, 2.75) is 37.1 Å². The average molecular weight is 561 g/mol. The number of benzene rings is 1. The first kappa shape index (κ1) is 28.7. The van der Waals surface area contributed by atoms with E-state index < -0.39 is 86.6 Å². The number of aryl methyl sites for hydroxylation is 1. The quantitative estimate of drug-likeness (QED) is 0.131. The minimum absolute atomic E-state index is 0.0814. The molecule has 19 heteroatoms. The second kappa shape index (κ2) is 8.86. The van der Waals surface area contributed by atoms with Crippen LogP contribution in [0.15, 0.2) is 22.6 Å². The van der Waals surface area contributed by atoms with Gasteiger partial charge in [0.2, 0.25) is 12.9 Å². The van der Waals surface area contributed by atoms with E-state index in [0.717, 1.165) is 13.8 Å². The highest BCUT2D eigenvalue weighted by Crippen LogP contribution is 3.02. The van der Waals surface area contributed by atoms with E-state index in [1.165, 1.54) is 0 Å². The number of nitrogens with zero attached hydrogens (tertiary/aromatic N) is 1. The molecule has 0 N–H and O–H groups in total. The monoisotopic (exact) mass is 561 g/mol. The van der Waals surface area contributed by atoms with Gasteiger partial charge >= 0.3 is 28.5 Å². The van der Waals surface area contributed by atoms with Gasteiger partial charge in [0.1, 0.15) is 23.4 Å². The molecule has 0 saturated carbocycles. The van der Waals surface area contributed by atoms with Gasteiger partial charge in [-0.05, 0) is 37.6 Å². The Bertz CT molecular complexity index is 1110. The molecule has 2 atom stereocenters. The summed E-state index contributed by atoms with van der Waals surface area (Å²) >= 11 is 0. The summed E-state index contributed by atoms with van der Waals surface area (Å²) < 4.78 is 124. The van der Waals surface area contributed by atoms with Crippen molar-refractivity contribution in [3.8, 4) is 5.75 Å². The first-order chi connectivity index (χ1) is 16.1. The van der Waals surface area contributed by atoms with E-state index in [4.69, 9.17) is 0 Å². The third-order valence-electron chi connectivity index (χ3n) is 4.15. The maximum atomic E-state index is 13.5. The molecule has 0 bridgehead atoms. The molecule has 1 aromatic carbocycles. The molecule has 1 aromatic rings. The molecule has 0 radical (unpaired) electrons. The van der Waals surface area contributed by atoms with Gasteiger partial charge in [-0.3, -0.25) is 0 Å². The zero-order valence-electron chi connectivity index (χ0n) is 17.9. The number of esters is 1. The van der Waals surface area contributed by atoms with Crippen LogP contribution in [0.1, 0.15) is 18.1 Å². The normalized spacial score (nSPS) is 18.3. The highest BCUT2D eigenvalue weighted by atomic mass is 32.5. The molecule has 0 fully saturated rings. The Morgan fingerprint density at radius 2 is 1.75 bits per heavy atom. The third kappa shape index (κ3) is 7.49. The Labute approximate surface area is 195 Å². The maximum Gasteiger partial charge on any atom is 0.511 e. The molecule has 1 heterocycles. The molecule has 0 aliphatic carbocycles. The Kier molecular flexibility index (Phi) is 7.07. The molecule has 1 aliphatic rings. The van der Waals surface area contributed by atoms with Crippen molar-refractivity contribution in [1.29, 1.82) is 0 Å². The van der Waals surface area contributed by atoms with E-state index in [1.807, 2.05) is 0 Å². The smallest absolute Gasteiger partial charge is 0.475 e. The van der Waals surface area contributed by atoms with Crippen LogP contribution in [0.25, 0.3) is 6.08 Å². The van der Waals surface area contributed by atoms with Gasteiger partial charge in [-0.1, -0.05) is 19.4 Å². The molecule has 1 aliphatic heterocycles. The zero-order chi connectivity index (χ0) is 27.8. The van der Waals surface area contributed by atoms with Crippen molar-refractivity contribution in [3.63, 3.8) is 0 Å². The average Bonchev–Trinajstić information content (AvgIpc) is 2.68. The van der Waals surface area contributed by atoms with Crippen LogP contribution in [0, 0.1) is 17.0 Å². The summed E-state index contributed by atoms with van der Waals surface area (Å²) in [5.41, 5.74) is -3.06. The molecule has 2 rings (SSSR count). The van der Waals surface area contributed by atoms with Crippen molar-refractivity contribution in [3.05, 3.63) is 38.9 Å². The molecule has 1 unspecified atom stereocenters. The molecular formula is C17H15F8NO9S. The van der Waals surface area contributed by atoms with E-state index in [2.05, 4.69) is 23.8 Å². The molecule has 204 valence electrons. The fourth-order valence-corrected chi connectivity index (χ4v) is 3.46. The lowest BCUT2D eigenvalue weighted by Crippen LogP contribution is -2.41. The first-order valence-electron chi connectivity index (χ1n) is 9.20. The third-order valence-corrected chi connectivity index (χ3v) is 5.28. The fraction of sp³-hybridized carbons (Fsp3) is 0.412. The number of alkyl halides is 3. The van der Waals surface area contributed by atoms with E-state index >= 15 is 0 Å². The summed E-state index contributed by atoms with van der Waals surface area (Å²) in [6.07, 6.45) is -10.9. The van der Waals surface area contributed by atoms with Crippen LogP contribution < -0.4 is 4.74 Å². The Morgan fingerprint density at radius 1 is 1.14 bits per heavy atom. The van der Waals surface area contributed by atoms with Crippen LogP contribution in [0.3, 0.4) is 0 Å². The van der Waals surface area contributed by atoms with Gasteiger partial charge in [-0.25, -0.2) is 9.59 Å². The summed E-state index contributed by atoms with van der Waals surface area (Å²) in [6.45, 7) is -0.132. The number of carbonyl (C=O) groups excluding carboxylic acids is 2. The number of ether oxygens (including phenoxy) is 4. The molecule has 0 amide bonds.